The van der Waals surface area contributed by atoms with Crippen molar-refractivity contribution in [1.82, 2.24) is 10.2 Å². The zero-order chi connectivity index (χ0) is 14.6. The lowest BCUT2D eigenvalue weighted by molar-refractivity contribution is 0.370. The summed E-state index contributed by atoms with van der Waals surface area (Å²) in [5, 5.41) is 4.24. The number of nitrogens with zero attached hydrogens (tertiary/aromatic N) is 2. The van der Waals surface area contributed by atoms with E-state index in [9.17, 15) is 0 Å². The minimum Gasteiger partial charge on any atom is -0.356 e. The van der Waals surface area contributed by atoms with Crippen LogP contribution in [0.4, 0.5) is 0 Å². The molecule has 2 rings (SSSR count). The van der Waals surface area contributed by atoms with E-state index in [0.29, 0.717) is 5.41 Å². The van der Waals surface area contributed by atoms with E-state index in [2.05, 4.69) is 41.2 Å². The molecule has 21 heavy (non-hydrogen) atoms. The summed E-state index contributed by atoms with van der Waals surface area (Å²) in [5.74, 6) is 1.02. The van der Waals surface area contributed by atoms with Gasteiger partial charge in [-0.05, 0) is 36.0 Å². The Morgan fingerprint density at radius 2 is 2.00 bits per heavy atom. The third-order valence-electron chi connectivity index (χ3n) is 3.80. The Bertz CT molecular complexity index is 471. The van der Waals surface area contributed by atoms with Crippen molar-refractivity contribution in [3.8, 4) is 0 Å². The molecular weight excluding hydrogens is 397 g/mol. The Kier molecular flexibility index (Phi) is 7.27. The van der Waals surface area contributed by atoms with E-state index in [1.165, 1.54) is 12.0 Å². The van der Waals surface area contributed by atoms with Gasteiger partial charge in [0.15, 0.2) is 5.96 Å². The first-order valence-electron chi connectivity index (χ1n) is 7.20. The summed E-state index contributed by atoms with van der Waals surface area (Å²) in [7, 11) is 1.86. The Morgan fingerprint density at radius 3 is 2.52 bits per heavy atom. The van der Waals surface area contributed by atoms with Gasteiger partial charge in [0.2, 0.25) is 0 Å². The van der Waals surface area contributed by atoms with Crippen LogP contribution in [0, 0.1) is 5.41 Å². The van der Waals surface area contributed by atoms with Crippen LogP contribution in [0.2, 0.25) is 5.02 Å². The lowest BCUT2D eigenvalue weighted by Gasteiger charge is -2.23. The van der Waals surface area contributed by atoms with Crippen LogP contribution in [0.15, 0.2) is 29.3 Å². The van der Waals surface area contributed by atoms with Gasteiger partial charge in [-0.15, -0.1) is 24.0 Å². The Balaban J connectivity index is 0.00000220. The molecule has 1 N–H and O–H groups in total. The van der Waals surface area contributed by atoms with E-state index in [4.69, 9.17) is 11.6 Å². The fourth-order valence-corrected chi connectivity index (χ4v) is 2.72. The summed E-state index contributed by atoms with van der Waals surface area (Å²) in [4.78, 5) is 6.74. The molecule has 1 aliphatic heterocycles. The van der Waals surface area contributed by atoms with Gasteiger partial charge < -0.3 is 10.2 Å². The smallest absolute Gasteiger partial charge is 0.193 e. The molecule has 0 saturated carbocycles. The normalized spacial score (nSPS) is 17.5. The molecule has 1 saturated heterocycles. The Hall–Kier alpha value is -0.490. The van der Waals surface area contributed by atoms with Crippen LogP contribution in [0.5, 0.6) is 0 Å². The van der Waals surface area contributed by atoms with Gasteiger partial charge in [0.05, 0.1) is 0 Å². The molecule has 1 aromatic carbocycles. The first-order valence-corrected chi connectivity index (χ1v) is 7.58. The topological polar surface area (TPSA) is 27.6 Å². The number of hydrogen-bond donors (Lipinski definition) is 1. The highest BCUT2D eigenvalue weighted by Crippen LogP contribution is 2.28. The second kappa shape index (κ2) is 8.22. The fraction of sp³-hybridized carbons (Fsp3) is 0.562. The first-order chi connectivity index (χ1) is 9.50. The quantitative estimate of drug-likeness (QED) is 0.457. The molecule has 1 fully saturated rings. The summed E-state index contributed by atoms with van der Waals surface area (Å²) < 4.78 is 0. The van der Waals surface area contributed by atoms with Crippen molar-refractivity contribution in [2.24, 2.45) is 10.4 Å². The highest BCUT2D eigenvalue weighted by atomic mass is 127. The van der Waals surface area contributed by atoms with E-state index in [0.717, 1.165) is 37.0 Å². The number of halogens is 2. The van der Waals surface area contributed by atoms with E-state index >= 15 is 0 Å². The van der Waals surface area contributed by atoms with Crippen molar-refractivity contribution in [3.05, 3.63) is 34.9 Å². The van der Waals surface area contributed by atoms with Gasteiger partial charge in [0.25, 0.3) is 0 Å². The molecule has 0 atom stereocenters. The standard InChI is InChI=1S/C16H24ClN3.HI/c1-16(2)9-11-20(12-16)15(18-3)19-10-8-13-4-6-14(17)7-5-13;/h4-7H,8-12H2,1-3H3,(H,18,19);1H. The lowest BCUT2D eigenvalue weighted by Crippen LogP contribution is -2.41. The molecule has 0 unspecified atom stereocenters. The summed E-state index contributed by atoms with van der Waals surface area (Å²) in [6, 6.07) is 8.03. The summed E-state index contributed by atoms with van der Waals surface area (Å²) >= 11 is 5.89. The van der Waals surface area contributed by atoms with Gasteiger partial charge in [-0.3, -0.25) is 4.99 Å². The number of guanidine groups is 1. The molecular formula is C16H25ClIN3. The monoisotopic (exact) mass is 421 g/mol. The second-order valence-electron chi connectivity index (χ2n) is 6.19. The van der Waals surface area contributed by atoms with Crippen LogP contribution in [0.25, 0.3) is 0 Å². The summed E-state index contributed by atoms with van der Waals surface area (Å²) in [6.07, 6.45) is 2.21. The molecule has 1 aliphatic rings. The zero-order valence-corrected chi connectivity index (χ0v) is 16.1. The average molecular weight is 422 g/mol. The van der Waals surface area contributed by atoms with Gasteiger partial charge in [-0.2, -0.15) is 0 Å². The van der Waals surface area contributed by atoms with Crippen LogP contribution >= 0.6 is 35.6 Å². The maximum absolute atomic E-state index is 5.89. The summed E-state index contributed by atoms with van der Waals surface area (Å²) in [6.45, 7) is 7.69. The molecule has 5 heteroatoms. The van der Waals surface area contributed by atoms with E-state index in [1.807, 2.05) is 19.2 Å². The number of aliphatic imine (C=N–C) groups is 1. The van der Waals surface area contributed by atoms with E-state index in [1.54, 1.807) is 0 Å². The third-order valence-corrected chi connectivity index (χ3v) is 4.05. The molecule has 1 aromatic rings. The van der Waals surface area contributed by atoms with Crippen LogP contribution in [-0.2, 0) is 6.42 Å². The second-order valence-corrected chi connectivity index (χ2v) is 6.62. The third kappa shape index (κ3) is 5.66. The molecule has 0 amide bonds. The molecule has 3 nitrogen and oxygen atoms in total. The van der Waals surface area contributed by atoms with E-state index < -0.39 is 0 Å². The molecule has 0 bridgehead atoms. The number of hydrogen-bond acceptors (Lipinski definition) is 1. The largest absolute Gasteiger partial charge is 0.356 e. The molecule has 0 aliphatic carbocycles. The van der Waals surface area contributed by atoms with Crippen LogP contribution < -0.4 is 5.32 Å². The SMILES string of the molecule is CN=C(NCCc1ccc(Cl)cc1)N1CCC(C)(C)C1.I. The van der Waals surface area contributed by atoms with Crippen molar-refractivity contribution in [3.63, 3.8) is 0 Å². The predicted molar refractivity (Wildman–Crippen MR) is 102 cm³/mol. The van der Waals surface area contributed by atoms with E-state index in [-0.39, 0.29) is 24.0 Å². The highest BCUT2D eigenvalue weighted by molar-refractivity contribution is 14.0. The zero-order valence-electron chi connectivity index (χ0n) is 13.0. The van der Waals surface area contributed by atoms with Gasteiger partial charge in [0.1, 0.15) is 0 Å². The molecule has 0 radical (unpaired) electrons. The van der Waals surface area contributed by atoms with Crippen LogP contribution in [-0.4, -0.2) is 37.5 Å². The molecule has 118 valence electrons. The van der Waals surface area contributed by atoms with Crippen molar-refractivity contribution in [2.45, 2.75) is 26.7 Å². The first kappa shape index (κ1) is 18.6. The number of rotatable bonds is 3. The van der Waals surface area contributed by atoms with Crippen LogP contribution in [0.3, 0.4) is 0 Å². The maximum atomic E-state index is 5.89. The Labute approximate surface area is 150 Å². The minimum absolute atomic E-state index is 0. The van der Waals surface area contributed by atoms with Gasteiger partial charge in [-0.25, -0.2) is 0 Å². The minimum atomic E-state index is 0. The average Bonchev–Trinajstić information content (AvgIpc) is 2.77. The fourth-order valence-electron chi connectivity index (χ4n) is 2.60. The number of benzene rings is 1. The highest BCUT2D eigenvalue weighted by Gasteiger charge is 2.30. The number of nitrogens with one attached hydrogen (secondary N) is 1. The van der Waals surface area contributed by atoms with Crippen molar-refractivity contribution in [2.75, 3.05) is 26.7 Å². The van der Waals surface area contributed by atoms with Crippen molar-refractivity contribution < 1.29 is 0 Å². The van der Waals surface area contributed by atoms with Gasteiger partial charge >= 0.3 is 0 Å². The molecule has 1 heterocycles. The van der Waals surface area contributed by atoms with Crippen molar-refractivity contribution in [1.29, 1.82) is 0 Å². The molecule has 0 aromatic heterocycles. The lowest BCUT2D eigenvalue weighted by atomic mass is 9.93. The Morgan fingerprint density at radius 1 is 1.33 bits per heavy atom. The predicted octanol–water partition coefficient (Wildman–Crippen LogP) is 3.81. The maximum Gasteiger partial charge on any atom is 0.193 e. The van der Waals surface area contributed by atoms with Gasteiger partial charge in [-0.1, -0.05) is 37.6 Å². The van der Waals surface area contributed by atoms with Crippen LogP contribution in [0.1, 0.15) is 25.8 Å². The van der Waals surface area contributed by atoms with Gasteiger partial charge in [0, 0.05) is 31.7 Å². The molecule has 0 spiro atoms. The number of likely N-dealkylation sites (tertiary alicyclic amines) is 1. The summed E-state index contributed by atoms with van der Waals surface area (Å²) in [5.41, 5.74) is 1.69. The van der Waals surface area contributed by atoms with Crippen molar-refractivity contribution >= 4 is 41.5 Å².